The molecule has 0 aliphatic heterocycles. The maximum atomic E-state index is 12.9. The van der Waals surface area contributed by atoms with Gasteiger partial charge in [-0.15, -0.1) is 0 Å². The number of unbranched alkanes of at least 4 members (excludes halogenated alkanes) is 1. The number of carbonyl (C=O) groups is 4. The van der Waals surface area contributed by atoms with Crippen LogP contribution in [0.1, 0.15) is 43.6 Å². The summed E-state index contributed by atoms with van der Waals surface area (Å²) in [7, 11) is 1.26. The minimum atomic E-state index is -1.22. The van der Waals surface area contributed by atoms with Gasteiger partial charge in [-0.2, -0.15) is 11.8 Å². The number of methoxy groups -OCH3 is 1. The molecule has 4 amide bonds. The van der Waals surface area contributed by atoms with Crippen LogP contribution in [0.25, 0.3) is 21.9 Å². The van der Waals surface area contributed by atoms with Crippen molar-refractivity contribution < 1.29 is 29.0 Å². The Labute approximate surface area is 288 Å². The second-order valence-electron chi connectivity index (χ2n) is 11.5. The number of aromatic nitrogens is 3. The lowest BCUT2D eigenvalue weighted by Gasteiger charge is -2.21. The zero-order valence-electron chi connectivity index (χ0n) is 28.0. The van der Waals surface area contributed by atoms with Crippen LogP contribution in [-0.4, -0.2) is 87.3 Å². The third-order valence-corrected chi connectivity index (χ3v) is 8.83. The molecule has 7 N–H and O–H groups in total. The molecule has 15 heteroatoms. The van der Waals surface area contributed by atoms with Crippen LogP contribution < -0.4 is 27.0 Å². The number of aliphatic hydroxyl groups excluding tert-OH is 1. The molecule has 2 heterocycles. The molecule has 262 valence electrons. The fourth-order valence-electron chi connectivity index (χ4n) is 5.25. The molecule has 2 aromatic carbocycles. The summed E-state index contributed by atoms with van der Waals surface area (Å²) >= 11 is 1.32. The summed E-state index contributed by atoms with van der Waals surface area (Å²) in [5.41, 5.74) is 10.7. The van der Waals surface area contributed by atoms with E-state index in [1.807, 2.05) is 48.5 Å². The van der Waals surface area contributed by atoms with Crippen molar-refractivity contribution in [2.45, 2.75) is 58.3 Å². The second-order valence-corrected chi connectivity index (χ2v) is 12.6. The molecule has 2 aromatic heterocycles. The Bertz CT molecular complexity index is 1760. The number of fused-ring (bicyclic) bond motifs is 3. The molecule has 2 atom stereocenters. The zero-order chi connectivity index (χ0) is 35.3. The number of thioether (sulfide) groups is 1. The molecule has 0 radical (unpaired) electrons. The molecule has 4 rings (SSSR count). The first-order valence-corrected chi connectivity index (χ1v) is 17.3. The van der Waals surface area contributed by atoms with Crippen molar-refractivity contribution in [2.24, 2.45) is 0 Å². The predicted octanol–water partition coefficient (Wildman–Crippen LogP) is 2.24. The standard InChI is InChI=1S/C34H44N8O6S/c1-4-5-10-28-41-29-30(24-8-6-7-9-25(24)39-31(29)35)42(28)18-23-13-11-22(12-14-23)17-37-32(45)26(19-43)40-33(46)27(38-21(2)44)20-49-16-15-36-34(47)48-3/h6-9,11-14,26-27,43H,4-5,10,15-20H2,1-3H3,(H2,35,39)(H,36,47)(H,37,45)(H,38,44)(H,40,46)/t26-,27-/m0/s1. The van der Waals surface area contributed by atoms with Crippen LogP contribution in [0.3, 0.4) is 0 Å². The molecular weight excluding hydrogens is 648 g/mol. The van der Waals surface area contributed by atoms with Crippen LogP contribution in [0.5, 0.6) is 0 Å². The molecule has 0 saturated carbocycles. The molecule has 0 unspecified atom stereocenters. The molecule has 0 spiro atoms. The SMILES string of the molecule is CCCCc1nc2c(N)nc3ccccc3c2n1Cc1ccc(CNC(=O)[C@H](CO)NC(=O)[C@H](CSCCNC(=O)OC)NC(C)=O)cc1. The van der Waals surface area contributed by atoms with E-state index in [1.54, 1.807) is 0 Å². The normalized spacial score (nSPS) is 12.3. The molecule has 0 aliphatic carbocycles. The summed E-state index contributed by atoms with van der Waals surface area (Å²) in [4.78, 5) is 58.2. The largest absolute Gasteiger partial charge is 0.453 e. The van der Waals surface area contributed by atoms with E-state index in [-0.39, 0.29) is 12.3 Å². The van der Waals surface area contributed by atoms with Crippen molar-refractivity contribution >= 4 is 63.3 Å². The highest BCUT2D eigenvalue weighted by atomic mass is 32.2. The second kappa shape index (κ2) is 18.0. The fourth-order valence-corrected chi connectivity index (χ4v) is 6.14. The maximum Gasteiger partial charge on any atom is 0.406 e. The zero-order valence-corrected chi connectivity index (χ0v) is 28.8. The molecule has 0 aliphatic rings. The van der Waals surface area contributed by atoms with Crippen LogP contribution in [0.4, 0.5) is 10.6 Å². The van der Waals surface area contributed by atoms with Gasteiger partial charge in [0, 0.05) is 49.9 Å². The molecule has 49 heavy (non-hydrogen) atoms. The van der Waals surface area contributed by atoms with Crippen molar-refractivity contribution in [1.29, 1.82) is 0 Å². The highest BCUT2D eigenvalue weighted by Gasteiger charge is 2.26. The van der Waals surface area contributed by atoms with E-state index in [1.165, 1.54) is 25.8 Å². The number of alkyl carbamates (subject to hydrolysis) is 1. The first kappa shape index (κ1) is 36.9. The number of aliphatic hydroxyl groups is 1. The topological polar surface area (TPSA) is 203 Å². The average Bonchev–Trinajstić information content (AvgIpc) is 3.46. The van der Waals surface area contributed by atoms with Gasteiger partial charge in [0.1, 0.15) is 23.4 Å². The number of para-hydroxylation sites is 1. The number of hydrogen-bond acceptors (Lipinski definition) is 10. The summed E-state index contributed by atoms with van der Waals surface area (Å²) in [6.45, 7) is 3.85. The Morgan fingerprint density at radius 1 is 0.980 bits per heavy atom. The van der Waals surface area contributed by atoms with Gasteiger partial charge in [-0.1, -0.05) is 55.8 Å². The highest BCUT2D eigenvalue weighted by Crippen LogP contribution is 2.30. The third-order valence-electron chi connectivity index (χ3n) is 7.77. The van der Waals surface area contributed by atoms with Crippen LogP contribution in [-0.2, 0) is 38.6 Å². The monoisotopic (exact) mass is 692 g/mol. The summed E-state index contributed by atoms with van der Waals surface area (Å²) in [6, 6.07) is 13.5. The Balaban J connectivity index is 1.38. The number of anilines is 1. The molecule has 4 aromatic rings. The Morgan fingerprint density at radius 2 is 1.71 bits per heavy atom. The van der Waals surface area contributed by atoms with E-state index in [0.29, 0.717) is 30.2 Å². The Morgan fingerprint density at radius 3 is 2.41 bits per heavy atom. The van der Waals surface area contributed by atoms with Gasteiger partial charge in [0.15, 0.2) is 5.82 Å². The van der Waals surface area contributed by atoms with E-state index < -0.39 is 42.5 Å². The summed E-state index contributed by atoms with van der Waals surface area (Å²) in [5, 5.41) is 21.2. The number of ether oxygens (including phenoxy) is 1. The van der Waals surface area contributed by atoms with Crippen LogP contribution in [0, 0.1) is 0 Å². The van der Waals surface area contributed by atoms with Gasteiger partial charge in [-0.25, -0.2) is 14.8 Å². The summed E-state index contributed by atoms with van der Waals surface area (Å²) in [6.07, 6.45) is 2.27. The number of nitrogens with zero attached hydrogens (tertiary/aromatic N) is 3. The van der Waals surface area contributed by atoms with E-state index in [0.717, 1.165) is 52.6 Å². The van der Waals surface area contributed by atoms with Gasteiger partial charge in [0.25, 0.3) is 0 Å². The summed E-state index contributed by atoms with van der Waals surface area (Å²) < 4.78 is 6.72. The quantitative estimate of drug-likeness (QED) is 0.0892. The van der Waals surface area contributed by atoms with E-state index >= 15 is 0 Å². The number of carbonyl (C=O) groups excluding carboxylic acids is 4. The molecule has 0 saturated heterocycles. The number of amides is 4. The first-order valence-electron chi connectivity index (χ1n) is 16.1. The predicted molar refractivity (Wildman–Crippen MR) is 190 cm³/mol. The molecular formula is C34H44N8O6S. The summed E-state index contributed by atoms with van der Waals surface area (Å²) in [5.74, 6) is 0.403. The first-order chi connectivity index (χ1) is 23.6. The lowest BCUT2D eigenvalue weighted by molar-refractivity contribution is -0.132. The lowest BCUT2D eigenvalue weighted by Crippen LogP contribution is -2.55. The number of nitrogens with two attached hydrogens (primary N) is 1. The number of hydrogen-bond donors (Lipinski definition) is 6. The Kier molecular flexibility index (Phi) is 13.6. The van der Waals surface area contributed by atoms with Gasteiger partial charge in [0.2, 0.25) is 17.7 Å². The Hall–Kier alpha value is -4.89. The van der Waals surface area contributed by atoms with Crippen molar-refractivity contribution in [1.82, 2.24) is 35.8 Å². The number of aryl methyl sites for hydroxylation is 1. The van der Waals surface area contributed by atoms with Crippen LogP contribution in [0.2, 0.25) is 0 Å². The van der Waals surface area contributed by atoms with E-state index in [2.05, 4.69) is 42.5 Å². The highest BCUT2D eigenvalue weighted by molar-refractivity contribution is 7.99. The molecule has 14 nitrogen and oxygen atoms in total. The number of nitrogens with one attached hydrogen (secondary N) is 4. The maximum absolute atomic E-state index is 12.9. The minimum absolute atomic E-state index is 0.173. The molecule has 0 bridgehead atoms. The molecule has 0 fully saturated rings. The number of benzene rings is 2. The average molecular weight is 693 g/mol. The van der Waals surface area contributed by atoms with Gasteiger partial charge in [-0.05, 0) is 23.6 Å². The van der Waals surface area contributed by atoms with Crippen LogP contribution in [0.15, 0.2) is 48.5 Å². The number of imidazole rings is 1. The fraction of sp³-hybridized carbons (Fsp3) is 0.412. The van der Waals surface area contributed by atoms with Gasteiger partial charge in [-0.3, -0.25) is 14.4 Å². The van der Waals surface area contributed by atoms with Crippen molar-refractivity contribution in [2.75, 3.05) is 37.5 Å². The number of rotatable bonds is 17. The van der Waals surface area contributed by atoms with E-state index in [9.17, 15) is 24.3 Å². The van der Waals surface area contributed by atoms with Gasteiger partial charge < -0.3 is 41.4 Å². The van der Waals surface area contributed by atoms with Gasteiger partial charge >= 0.3 is 6.09 Å². The van der Waals surface area contributed by atoms with E-state index in [4.69, 9.17) is 10.7 Å². The smallest absolute Gasteiger partial charge is 0.406 e. The van der Waals surface area contributed by atoms with Crippen molar-refractivity contribution in [3.05, 3.63) is 65.5 Å². The number of pyridine rings is 1. The number of nitrogen functional groups attached to an aromatic ring is 1. The lowest BCUT2D eigenvalue weighted by atomic mass is 10.1. The minimum Gasteiger partial charge on any atom is -0.453 e. The van der Waals surface area contributed by atoms with Crippen molar-refractivity contribution in [3.8, 4) is 0 Å². The van der Waals surface area contributed by atoms with Gasteiger partial charge in [0.05, 0.1) is 24.8 Å². The van der Waals surface area contributed by atoms with Crippen molar-refractivity contribution in [3.63, 3.8) is 0 Å². The third kappa shape index (κ3) is 10.1. The van der Waals surface area contributed by atoms with Crippen LogP contribution >= 0.6 is 11.8 Å².